The molecule has 2 atom stereocenters. The Kier molecular flexibility index (Phi) is 6.59. The van der Waals surface area contributed by atoms with Gasteiger partial charge < -0.3 is 19.7 Å². The Hall–Kier alpha value is -1.11. The molecule has 1 aromatic heterocycles. The SMILES string of the molecule is CC(C)c1nn(C)c(N2CCOCC2)c1CNC[C@H]1CCO[C@@H]1C(C)C. The van der Waals surface area contributed by atoms with E-state index in [9.17, 15) is 0 Å². The first-order valence-corrected chi connectivity index (χ1v) is 10.2. The summed E-state index contributed by atoms with van der Waals surface area (Å²) in [6, 6.07) is 0. The summed E-state index contributed by atoms with van der Waals surface area (Å²) in [5.74, 6) is 2.87. The van der Waals surface area contributed by atoms with Crippen molar-refractivity contribution >= 4 is 5.82 Å². The van der Waals surface area contributed by atoms with Crippen LogP contribution in [0.4, 0.5) is 5.82 Å². The number of nitrogens with zero attached hydrogens (tertiary/aromatic N) is 3. The molecule has 0 unspecified atom stereocenters. The molecule has 0 aliphatic carbocycles. The van der Waals surface area contributed by atoms with Gasteiger partial charge in [0.15, 0.2) is 0 Å². The van der Waals surface area contributed by atoms with Crippen LogP contribution in [0.5, 0.6) is 0 Å². The molecular weight excluding hydrogens is 328 g/mol. The third-order valence-electron chi connectivity index (χ3n) is 5.63. The number of hydrogen-bond donors (Lipinski definition) is 1. The number of nitrogens with one attached hydrogen (secondary N) is 1. The molecule has 1 aromatic rings. The zero-order chi connectivity index (χ0) is 18.7. The number of morpholine rings is 1. The lowest BCUT2D eigenvalue weighted by atomic mass is 9.93. The van der Waals surface area contributed by atoms with Crippen molar-refractivity contribution in [1.82, 2.24) is 15.1 Å². The number of aryl methyl sites for hydroxylation is 1. The van der Waals surface area contributed by atoms with E-state index in [0.29, 0.717) is 23.9 Å². The Balaban J connectivity index is 1.71. The zero-order valence-electron chi connectivity index (χ0n) is 17.1. The van der Waals surface area contributed by atoms with Gasteiger partial charge in [-0.2, -0.15) is 5.10 Å². The predicted octanol–water partition coefficient (Wildman–Crippen LogP) is 2.53. The highest BCUT2D eigenvalue weighted by atomic mass is 16.5. The molecule has 1 N–H and O–H groups in total. The topological polar surface area (TPSA) is 51.5 Å². The molecule has 2 fully saturated rings. The molecule has 2 aliphatic rings. The molecule has 3 heterocycles. The fraction of sp³-hybridized carbons (Fsp3) is 0.850. The monoisotopic (exact) mass is 364 g/mol. The normalized spacial score (nSPS) is 24.2. The minimum atomic E-state index is 0.389. The Morgan fingerprint density at radius 2 is 1.88 bits per heavy atom. The maximum atomic E-state index is 5.94. The van der Waals surface area contributed by atoms with Gasteiger partial charge in [-0.3, -0.25) is 4.68 Å². The first-order chi connectivity index (χ1) is 12.5. The van der Waals surface area contributed by atoms with E-state index in [1.165, 1.54) is 17.1 Å². The van der Waals surface area contributed by atoms with E-state index >= 15 is 0 Å². The molecule has 0 radical (unpaired) electrons. The van der Waals surface area contributed by atoms with Crippen molar-refractivity contribution in [3.05, 3.63) is 11.3 Å². The van der Waals surface area contributed by atoms with E-state index in [0.717, 1.165) is 52.4 Å². The molecule has 0 spiro atoms. The maximum absolute atomic E-state index is 5.94. The Bertz CT molecular complexity index is 579. The molecule has 148 valence electrons. The number of anilines is 1. The molecule has 0 aromatic carbocycles. The first kappa shape index (κ1) is 19.6. The van der Waals surface area contributed by atoms with E-state index in [1.54, 1.807) is 0 Å². The van der Waals surface area contributed by atoms with Crippen molar-refractivity contribution in [2.24, 2.45) is 18.9 Å². The van der Waals surface area contributed by atoms with Gasteiger partial charge in [0.2, 0.25) is 0 Å². The van der Waals surface area contributed by atoms with Gasteiger partial charge in [0.25, 0.3) is 0 Å². The van der Waals surface area contributed by atoms with Crippen molar-refractivity contribution in [1.29, 1.82) is 0 Å². The summed E-state index contributed by atoms with van der Waals surface area (Å²) >= 11 is 0. The van der Waals surface area contributed by atoms with Crippen LogP contribution in [0.15, 0.2) is 0 Å². The highest BCUT2D eigenvalue weighted by Crippen LogP contribution is 2.30. The van der Waals surface area contributed by atoms with Crippen molar-refractivity contribution in [3.8, 4) is 0 Å². The number of hydrogen-bond acceptors (Lipinski definition) is 5. The molecule has 0 amide bonds. The van der Waals surface area contributed by atoms with Crippen LogP contribution in [0.25, 0.3) is 0 Å². The van der Waals surface area contributed by atoms with E-state index in [1.807, 2.05) is 0 Å². The van der Waals surface area contributed by atoms with E-state index < -0.39 is 0 Å². The van der Waals surface area contributed by atoms with Crippen LogP contribution in [0, 0.1) is 11.8 Å². The van der Waals surface area contributed by atoms with Crippen LogP contribution in [-0.2, 0) is 23.1 Å². The van der Waals surface area contributed by atoms with Gasteiger partial charge in [-0.05, 0) is 24.2 Å². The molecule has 6 nitrogen and oxygen atoms in total. The minimum Gasteiger partial charge on any atom is -0.378 e. The van der Waals surface area contributed by atoms with Crippen molar-refractivity contribution in [3.63, 3.8) is 0 Å². The highest BCUT2D eigenvalue weighted by molar-refractivity contribution is 5.51. The summed E-state index contributed by atoms with van der Waals surface area (Å²) in [7, 11) is 2.07. The fourth-order valence-electron chi connectivity index (χ4n) is 4.38. The molecule has 6 heteroatoms. The lowest BCUT2D eigenvalue weighted by Crippen LogP contribution is -2.38. The van der Waals surface area contributed by atoms with E-state index in [-0.39, 0.29) is 0 Å². The number of aromatic nitrogens is 2. The van der Waals surface area contributed by atoms with Gasteiger partial charge >= 0.3 is 0 Å². The summed E-state index contributed by atoms with van der Waals surface area (Å²) in [6.45, 7) is 15.2. The largest absolute Gasteiger partial charge is 0.378 e. The lowest BCUT2D eigenvalue weighted by Gasteiger charge is -2.30. The van der Waals surface area contributed by atoms with Crippen LogP contribution in [0.3, 0.4) is 0 Å². The smallest absolute Gasteiger partial charge is 0.131 e. The Morgan fingerprint density at radius 1 is 1.15 bits per heavy atom. The third-order valence-corrected chi connectivity index (χ3v) is 5.63. The van der Waals surface area contributed by atoms with Crippen molar-refractivity contribution in [2.75, 3.05) is 44.4 Å². The Labute approximate surface area is 158 Å². The van der Waals surface area contributed by atoms with Gasteiger partial charge in [0.1, 0.15) is 5.82 Å². The van der Waals surface area contributed by atoms with E-state index in [4.69, 9.17) is 14.6 Å². The van der Waals surface area contributed by atoms with E-state index in [2.05, 4.69) is 49.6 Å². The molecule has 2 saturated heterocycles. The highest BCUT2D eigenvalue weighted by Gasteiger charge is 2.30. The standard InChI is InChI=1S/C20H36N4O2/c1-14(2)18-17(13-21-12-16-6-9-26-19(16)15(3)4)20(23(5)22-18)24-7-10-25-11-8-24/h14-16,19,21H,6-13H2,1-5H3/t16-,19-/m1/s1. The van der Waals surface area contributed by atoms with Gasteiger partial charge in [-0.15, -0.1) is 0 Å². The van der Waals surface area contributed by atoms with Crippen molar-refractivity contribution < 1.29 is 9.47 Å². The fourth-order valence-corrected chi connectivity index (χ4v) is 4.38. The van der Waals surface area contributed by atoms with Crippen LogP contribution in [0.1, 0.15) is 51.3 Å². The van der Waals surface area contributed by atoms with Gasteiger partial charge in [0, 0.05) is 45.4 Å². The Morgan fingerprint density at radius 3 is 2.54 bits per heavy atom. The second-order valence-electron chi connectivity index (χ2n) is 8.32. The molecule has 2 aliphatic heterocycles. The molecule has 3 rings (SSSR count). The molecule has 26 heavy (non-hydrogen) atoms. The third kappa shape index (κ3) is 4.24. The first-order valence-electron chi connectivity index (χ1n) is 10.2. The van der Waals surface area contributed by atoms with Crippen LogP contribution in [-0.4, -0.2) is 55.3 Å². The van der Waals surface area contributed by atoms with Crippen LogP contribution >= 0.6 is 0 Å². The summed E-state index contributed by atoms with van der Waals surface area (Å²) in [5.41, 5.74) is 2.56. The summed E-state index contributed by atoms with van der Waals surface area (Å²) in [6.07, 6.45) is 1.55. The average Bonchev–Trinajstić information content (AvgIpc) is 3.20. The van der Waals surface area contributed by atoms with Crippen LogP contribution in [0.2, 0.25) is 0 Å². The average molecular weight is 365 g/mol. The minimum absolute atomic E-state index is 0.389. The molecule has 0 saturated carbocycles. The second-order valence-corrected chi connectivity index (χ2v) is 8.32. The van der Waals surface area contributed by atoms with Crippen LogP contribution < -0.4 is 10.2 Å². The van der Waals surface area contributed by atoms with Crippen molar-refractivity contribution in [2.45, 2.75) is 52.7 Å². The summed E-state index contributed by atoms with van der Waals surface area (Å²) in [5, 5.41) is 8.57. The molecular formula is C20H36N4O2. The lowest BCUT2D eigenvalue weighted by molar-refractivity contribution is 0.0539. The molecule has 0 bridgehead atoms. The predicted molar refractivity (Wildman–Crippen MR) is 105 cm³/mol. The van der Waals surface area contributed by atoms with Gasteiger partial charge in [0.05, 0.1) is 25.0 Å². The second kappa shape index (κ2) is 8.72. The number of ether oxygens (including phenoxy) is 2. The quantitative estimate of drug-likeness (QED) is 0.806. The van der Waals surface area contributed by atoms with Gasteiger partial charge in [-0.25, -0.2) is 0 Å². The number of rotatable bonds is 7. The zero-order valence-corrected chi connectivity index (χ0v) is 17.1. The van der Waals surface area contributed by atoms with Gasteiger partial charge in [-0.1, -0.05) is 27.7 Å². The summed E-state index contributed by atoms with van der Waals surface area (Å²) < 4.78 is 13.5. The summed E-state index contributed by atoms with van der Waals surface area (Å²) in [4.78, 5) is 2.43. The maximum Gasteiger partial charge on any atom is 0.131 e.